The molecule has 0 N–H and O–H groups in total. The van der Waals surface area contributed by atoms with E-state index < -0.39 is 0 Å². The highest BCUT2D eigenvalue weighted by Crippen LogP contribution is 2.49. The molecule has 4 rings (SSSR count). The lowest BCUT2D eigenvalue weighted by molar-refractivity contribution is 0.258. The zero-order valence-electron chi connectivity index (χ0n) is 12.8. The highest BCUT2D eigenvalue weighted by atomic mass is 32.2. The Labute approximate surface area is 139 Å². The number of hydrogen-bond acceptors (Lipinski definition) is 5. The Hall–Kier alpha value is -1.33. The van der Waals surface area contributed by atoms with Crippen LogP contribution in [0, 0.1) is 6.92 Å². The largest absolute Gasteiger partial charge is 0.337 e. The van der Waals surface area contributed by atoms with Crippen molar-refractivity contribution >= 4 is 28.3 Å². The first-order valence-corrected chi connectivity index (χ1v) is 9.54. The number of nitrogens with zero attached hydrogens (tertiary/aromatic N) is 3. The fourth-order valence-electron chi connectivity index (χ4n) is 3.27. The maximum Gasteiger partial charge on any atom is 0.160 e. The molecule has 1 fully saturated rings. The number of aliphatic imine (C=N–C) groups is 1. The predicted molar refractivity (Wildman–Crippen MR) is 94.6 cm³/mol. The highest BCUT2D eigenvalue weighted by molar-refractivity contribution is 8.14. The number of fused-ring (bicyclic) bond motifs is 1. The van der Waals surface area contributed by atoms with Crippen molar-refractivity contribution < 1.29 is 0 Å². The lowest BCUT2D eigenvalue weighted by Gasteiger charge is -2.30. The second kappa shape index (κ2) is 5.70. The van der Waals surface area contributed by atoms with E-state index in [0.717, 1.165) is 11.4 Å². The zero-order valence-corrected chi connectivity index (χ0v) is 14.4. The minimum Gasteiger partial charge on any atom is -0.337 e. The molecule has 4 heterocycles. The summed E-state index contributed by atoms with van der Waals surface area (Å²) in [6.45, 7) is 4.45. The van der Waals surface area contributed by atoms with Gasteiger partial charge in [-0.1, -0.05) is 24.8 Å². The summed E-state index contributed by atoms with van der Waals surface area (Å²) < 4.78 is 0. The molecular weight excluding hydrogens is 310 g/mol. The van der Waals surface area contributed by atoms with E-state index in [0.29, 0.717) is 12.1 Å². The van der Waals surface area contributed by atoms with Gasteiger partial charge in [0.05, 0.1) is 11.7 Å². The molecule has 2 aliphatic heterocycles. The Morgan fingerprint density at radius 3 is 2.86 bits per heavy atom. The average molecular weight is 329 g/mol. The van der Waals surface area contributed by atoms with Crippen LogP contribution in [0.15, 0.2) is 41.5 Å². The van der Waals surface area contributed by atoms with Crippen molar-refractivity contribution in [2.24, 2.45) is 4.99 Å². The number of aryl methyl sites for hydroxylation is 1. The van der Waals surface area contributed by atoms with Crippen LogP contribution in [-0.2, 0) is 0 Å². The molecule has 2 aromatic rings. The van der Waals surface area contributed by atoms with E-state index >= 15 is 0 Å². The smallest absolute Gasteiger partial charge is 0.160 e. The number of rotatable bonds is 3. The van der Waals surface area contributed by atoms with Crippen molar-refractivity contribution in [3.8, 4) is 0 Å². The number of aromatic nitrogens is 1. The molecule has 22 heavy (non-hydrogen) atoms. The summed E-state index contributed by atoms with van der Waals surface area (Å²) in [7, 11) is 0. The Kier molecular flexibility index (Phi) is 3.70. The lowest BCUT2D eigenvalue weighted by Crippen LogP contribution is -2.34. The number of pyridine rings is 1. The van der Waals surface area contributed by atoms with E-state index in [1.807, 2.05) is 35.4 Å². The molecule has 3 nitrogen and oxygen atoms in total. The van der Waals surface area contributed by atoms with Crippen molar-refractivity contribution in [2.45, 2.75) is 38.4 Å². The average Bonchev–Trinajstić information content (AvgIpc) is 3.22. The first-order chi connectivity index (χ1) is 10.8. The minimum atomic E-state index is 0.121. The summed E-state index contributed by atoms with van der Waals surface area (Å²) in [5, 5.41) is 1.21. The van der Waals surface area contributed by atoms with E-state index in [2.05, 4.69) is 48.0 Å². The summed E-state index contributed by atoms with van der Waals surface area (Å²) in [6, 6.07) is 11.7. The summed E-state index contributed by atoms with van der Waals surface area (Å²) in [4.78, 5) is 14.9. The molecule has 2 aromatic heterocycles. The Bertz CT molecular complexity index is 695. The minimum absolute atomic E-state index is 0.121. The standard InChI is InChI=1S/C17H19N3S2/c1-3-12-10-21-17-19-15(13-6-4-5-9-18-13)16(20(12)17)14-8-7-11(2)22-14/h4-9,12,15-16H,3,10H2,1-2H3/t12-,15-,16+/m1/s1. The van der Waals surface area contributed by atoms with Gasteiger partial charge in [0.15, 0.2) is 5.17 Å². The van der Waals surface area contributed by atoms with Gasteiger partial charge >= 0.3 is 0 Å². The monoisotopic (exact) mass is 329 g/mol. The van der Waals surface area contributed by atoms with Crippen molar-refractivity contribution in [1.82, 2.24) is 9.88 Å². The van der Waals surface area contributed by atoms with E-state index in [1.54, 1.807) is 0 Å². The summed E-state index contributed by atoms with van der Waals surface area (Å²) >= 11 is 3.79. The van der Waals surface area contributed by atoms with Crippen molar-refractivity contribution in [3.63, 3.8) is 0 Å². The normalized spacial score (nSPS) is 27.1. The molecular formula is C17H19N3S2. The number of thiophene rings is 1. The van der Waals surface area contributed by atoms with Crippen molar-refractivity contribution in [2.75, 3.05) is 5.75 Å². The molecule has 0 amide bonds. The van der Waals surface area contributed by atoms with Crippen LogP contribution in [0.25, 0.3) is 0 Å². The van der Waals surface area contributed by atoms with Gasteiger partial charge in [0.2, 0.25) is 0 Å². The number of hydrogen-bond donors (Lipinski definition) is 0. The first-order valence-electron chi connectivity index (χ1n) is 7.74. The lowest BCUT2D eigenvalue weighted by atomic mass is 10.0. The molecule has 0 unspecified atom stereocenters. The topological polar surface area (TPSA) is 28.5 Å². The quantitative estimate of drug-likeness (QED) is 0.834. The molecule has 0 aromatic carbocycles. The third kappa shape index (κ3) is 2.27. The van der Waals surface area contributed by atoms with Gasteiger partial charge in [-0.3, -0.25) is 9.98 Å². The Balaban J connectivity index is 1.78. The van der Waals surface area contributed by atoms with Gasteiger partial charge in [-0.2, -0.15) is 0 Å². The van der Waals surface area contributed by atoms with E-state index in [4.69, 9.17) is 4.99 Å². The number of thioether (sulfide) groups is 1. The van der Waals surface area contributed by atoms with Gasteiger partial charge in [-0.15, -0.1) is 11.3 Å². The van der Waals surface area contributed by atoms with Crippen LogP contribution < -0.4 is 0 Å². The molecule has 0 aliphatic carbocycles. The highest BCUT2D eigenvalue weighted by Gasteiger charge is 2.45. The molecule has 0 radical (unpaired) electrons. The maximum absolute atomic E-state index is 5.04. The van der Waals surface area contributed by atoms with E-state index in [9.17, 15) is 0 Å². The second-order valence-corrected chi connectivity index (χ2v) is 8.09. The van der Waals surface area contributed by atoms with E-state index in [-0.39, 0.29) is 6.04 Å². The molecule has 1 saturated heterocycles. The number of amidine groups is 1. The van der Waals surface area contributed by atoms with Crippen LogP contribution in [0.5, 0.6) is 0 Å². The zero-order chi connectivity index (χ0) is 15.1. The molecule has 3 atom stereocenters. The van der Waals surface area contributed by atoms with Crippen LogP contribution in [0.2, 0.25) is 0 Å². The molecule has 114 valence electrons. The third-order valence-corrected chi connectivity index (χ3v) is 6.58. The molecule has 5 heteroatoms. The molecule has 2 aliphatic rings. The van der Waals surface area contributed by atoms with Gasteiger partial charge in [0.1, 0.15) is 6.04 Å². The Morgan fingerprint density at radius 1 is 1.27 bits per heavy atom. The summed E-state index contributed by atoms with van der Waals surface area (Å²) in [5.41, 5.74) is 1.08. The fourth-order valence-corrected chi connectivity index (χ4v) is 5.62. The maximum atomic E-state index is 5.04. The van der Waals surface area contributed by atoms with Crippen molar-refractivity contribution in [3.05, 3.63) is 52.0 Å². The predicted octanol–water partition coefficient (Wildman–Crippen LogP) is 4.43. The van der Waals surface area contributed by atoms with Gasteiger partial charge < -0.3 is 4.90 Å². The van der Waals surface area contributed by atoms with E-state index in [1.165, 1.54) is 21.3 Å². The fraction of sp³-hybridized carbons (Fsp3) is 0.412. The van der Waals surface area contributed by atoms with Crippen LogP contribution in [0.1, 0.15) is 40.9 Å². The second-order valence-electron chi connectivity index (χ2n) is 5.78. The van der Waals surface area contributed by atoms with Gasteiger partial charge in [-0.05, 0) is 37.6 Å². The molecule has 0 saturated carbocycles. The van der Waals surface area contributed by atoms with Crippen LogP contribution in [-0.4, -0.2) is 26.8 Å². The first kappa shape index (κ1) is 14.3. The van der Waals surface area contributed by atoms with Crippen LogP contribution in [0.3, 0.4) is 0 Å². The SMILES string of the molecule is CC[C@@H]1CSC2=N[C@H](c3ccccn3)[C@H](c3ccc(C)s3)N21. The van der Waals surface area contributed by atoms with Crippen LogP contribution >= 0.6 is 23.1 Å². The van der Waals surface area contributed by atoms with Crippen LogP contribution in [0.4, 0.5) is 0 Å². The van der Waals surface area contributed by atoms with Gasteiger partial charge in [0.25, 0.3) is 0 Å². The van der Waals surface area contributed by atoms with Crippen molar-refractivity contribution in [1.29, 1.82) is 0 Å². The summed E-state index contributed by atoms with van der Waals surface area (Å²) in [5.74, 6) is 1.16. The van der Waals surface area contributed by atoms with Gasteiger partial charge in [0, 0.05) is 27.7 Å². The molecule has 0 spiro atoms. The van der Waals surface area contributed by atoms with Gasteiger partial charge in [-0.25, -0.2) is 0 Å². The Morgan fingerprint density at radius 2 is 2.18 bits per heavy atom. The molecule has 0 bridgehead atoms. The third-order valence-electron chi connectivity index (χ3n) is 4.38. The summed E-state index contributed by atoms with van der Waals surface area (Å²) in [6.07, 6.45) is 3.04.